The van der Waals surface area contributed by atoms with Crippen molar-refractivity contribution in [3.05, 3.63) is 66.1 Å². The maximum absolute atomic E-state index is 14.4. The van der Waals surface area contributed by atoms with Crippen LogP contribution in [0.2, 0.25) is 0 Å². The third-order valence-electron chi connectivity index (χ3n) is 4.49. The molecule has 29 heavy (non-hydrogen) atoms. The lowest BCUT2D eigenvalue weighted by molar-refractivity contribution is 0.102. The van der Waals surface area contributed by atoms with Crippen LogP contribution in [0, 0.1) is 5.82 Å². The molecule has 154 valence electrons. The highest BCUT2D eigenvalue weighted by molar-refractivity contribution is 6.04. The molecule has 0 bridgehead atoms. The van der Waals surface area contributed by atoms with Crippen molar-refractivity contribution in [2.75, 3.05) is 36.5 Å². The van der Waals surface area contributed by atoms with Gasteiger partial charge in [-0.25, -0.2) is 4.39 Å². The fourth-order valence-corrected chi connectivity index (χ4v) is 2.99. The Labute approximate surface area is 171 Å². The van der Waals surface area contributed by atoms with E-state index < -0.39 is 5.82 Å². The van der Waals surface area contributed by atoms with Gasteiger partial charge >= 0.3 is 0 Å². The van der Waals surface area contributed by atoms with Crippen molar-refractivity contribution in [2.45, 2.75) is 0 Å². The second-order valence-electron chi connectivity index (χ2n) is 6.31. The molecule has 1 amide bonds. The average molecular weight is 400 g/mol. The number of pyridine rings is 1. The van der Waals surface area contributed by atoms with Crippen molar-refractivity contribution in [1.82, 2.24) is 4.98 Å². The number of amides is 1. The Kier molecular flexibility index (Phi) is 5.26. The highest BCUT2D eigenvalue weighted by Crippen LogP contribution is 2.29. The molecule has 0 spiro atoms. The summed E-state index contributed by atoms with van der Waals surface area (Å²) in [7, 11) is 1.41. The van der Waals surface area contributed by atoms with Crippen LogP contribution in [-0.2, 0) is 4.74 Å². The summed E-state index contributed by atoms with van der Waals surface area (Å²) < 4.78 is 24.7. The highest BCUT2D eigenvalue weighted by Gasteiger charge is 2.14. The average Bonchev–Trinajstić information content (AvgIpc) is 2.99. The number of hydrogen-bond acceptors (Lipinski definition) is 6. The van der Waals surface area contributed by atoms with Gasteiger partial charge in [-0.05, 0) is 42.5 Å². The first-order valence-corrected chi connectivity index (χ1v) is 8.95. The van der Waals surface area contributed by atoms with Gasteiger partial charge in [-0.15, -0.1) is 0 Å². The van der Waals surface area contributed by atoms with Crippen LogP contribution in [0.25, 0.3) is 11.3 Å². The summed E-state index contributed by atoms with van der Waals surface area (Å²) in [6.45, 7) is 0.793. The first-order chi connectivity index (χ1) is 14.2. The van der Waals surface area contributed by atoms with E-state index in [4.69, 9.17) is 9.47 Å². The molecule has 0 radical (unpaired) electrons. The van der Waals surface area contributed by atoms with Gasteiger partial charge in [-0.2, -0.15) is 0 Å². The van der Waals surface area contributed by atoms with E-state index in [1.807, 2.05) is 12.1 Å². The predicted octanol–water partition coefficient (Wildman–Crippen LogP) is 4.66. The number of nitrogens with one attached hydrogen (secondary N) is 3. The van der Waals surface area contributed by atoms with Crippen molar-refractivity contribution >= 4 is 23.0 Å². The number of hydrogen-bond donors (Lipinski definition) is 3. The van der Waals surface area contributed by atoms with E-state index in [9.17, 15) is 9.18 Å². The summed E-state index contributed by atoms with van der Waals surface area (Å²) >= 11 is 0. The number of benzene rings is 2. The number of aromatic nitrogens is 1. The number of nitrogens with zero attached hydrogens (tertiary/aromatic N) is 1. The van der Waals surface area contributed by atoms with Gasteiger partial charge in [-0.3, -0.25) is 9.78 Å². The molecule has 0 atom stereocenters. The Hall–Kier alpha value is -3.65. The summed E-state index contributed by atoms with van der Waals surface area (Å²) in [5.74, 6) is -0.662. The number of anilines is 3. The van der Waals surface area contributed by atoms with Gasteiger partial charge in [0.15, 0.2) is 11.6 Å². The molecule has 2 heterocycles. The van der Waals surface area contributed by atoms with Gasteiger partial charge in [-0.1, -0.05) is 6.07 Å². The van der Waals surface area contributed by atoms with Gasteiger partial charge in [0.05, 0.1) is 29.7 Å². The van der Waals surface area contributed by atoms with E-state index >= 15 is 0 Å². The summed E-state index contributed by atoms with van der Waals surface area (Å²) in [4.78, 5) is 16.8. The topological polar surface area (TPSA) is 84.5 Å². The number of carbonyl (C=O) groups is 1. The Morgan fingerprint density at radius 3 is 2.76 bits per heavy atom. The van der Waals surface area contributed by atoms with Crippen molar-refractivity contribution in [2.24, 2.45) is 0 Å². The molecule has 0 saturated carbocycles. The van der Waals surface area contributed by atoms with Crippen molar-refractivity contribution in [3.63, 3.8) is 0 Å². The fraction of sp³-hybridized carbons (Fsp3) is 0.143. The fourth-order valence-electron chi connectivity index (χ4n) is 2.99. The normalized spacial score (nSPS) is 12.8. The summed E-state index contributed by atoms with van der Waals surface area (Å²) in [5, 5.41) is 9.09. The zero-order valence-electron chi connectivity index (χ0n) is 15.7. The summed E-state index contributed by atoms with van der Waals surface area (Å²) in [5.41, 5.74) is 3.45. The molecule has 1 aliphatic rings. The minimum atomic E-state index is -0.491. The van der Waals surface area contributed by atoms with Gasteiger partial charge in [0.2, 0.25) is 0 Å². The van der Waals surface area contributed by atoms with Crippen LogP contribution >= 0.6 is 0 Å². The Morgan fingerprint density at radius 1 is 1.17 bits per heavy atom. The van der Waals surface area contributed by atoms with E-state index in [1.54, 1.807) is 30.3 Å². The molecule has 3 N–H and O–H groups in total. The molecule has 0 saturated heterocycles. The van der Waals surface area contributed by atoms with Crippen LogP contribution in [0.15, 0.2) is 54.7 Å². The maximum Gasteiger partial charge on any atom is 0.257 e. The zero-order valence-corrected chi connectivity index (χ0v) is 15.7. The van der Waals surface area contributed by atoms with Gasteiger partial charge in [0.25, 0.3) is 5.91 Å². The third kappa shape index (κ3) is 3.97. The largest absolute Gasteiger partial charge is 0.494 e. The van der Waals surface area contributed by atoms with E-state index in [0.717, 1.165) is 11.4 Å². The first-order valence-electron chi connectivity index (χ1n) is 8.95. The van der Waals surface area contributed by atoms with Crippen LogP contribution in [0.1, 0.15) is 14.6 Å². The summed E-state index contributed by atoms with van der Waals surface area (Å²) in [6, 6.07) is 13.5. The second-order valence-corrected chi connectivity index (χ2v) is 6.31. The lowest BCUT2D eigenvalue weighted by Gasteiger charge is -2.11. The minimum absolute atomic E-state index is 0. The molecule has 8 heteroatoms. The molecule has 1 aromatic heterocycles. The number of ether oxygens (including phenoxy) is 2. The lowest BCUT2D eigenvalue weighted by atomic mass is 10.1. The minimum Gasteiger partial charge on any atom is -0.494 e. The molecule has 4 rings (SSSR count). The van der Waals surface area contributed by atoms with Crippen molar-refractivity contribution in [1.29, 1.82) is 0 Å². The molecule has 0 unspecified atom stereocenters. The molecular formula is C21H25FN4O3. The number of methoxy groups -OCH3 is 1. The number of carbonyl (C=O) groups excluding carboxylic acids is 1. The molecule has 2 aromatic carbocycles. The van der Waals surface area contributed by atoms with Crippen LogP contribution in [0.5, 0.6) is 5.75 Å². The third-order valence-corrected chi connectivity index (χ3v) is 4.49. The Bertz CT molecular complexity index is 1050. The second kappa shape index (κ2) is 8.15. The van der Waals surface area contributed by atoms with Crippen LogP contribution in [0.4, 0.5) is 21.5 Å². The van der Waals surface area contributed by atoms with Gasteiger partial charge in [0.1, 0.15) is 13.5 Å². The zero-order chi connectivity index (χ0) is 20.2. The smallest absolute Gasteiger partial charge is 0.257 e. The monoisotopic (exact) mass is 400 g/mol. The quantitative estimate of drug-likeness (QED) is 0.591. The standard InChI is InChI=1S/C21H19FN4O3.3H2/c1-28-19-4-2-3-15(20(19)22)16-7-5-13(10-23-16)21(27)26-14-6-8-17-18(9-14)25-12-29-11-24-17;;;/h2-10,24-25H,11-12H2,1H3,(H,26,27);3*1H. The van der Waals surface area contributed by atoms with Gasteiger partial charge < -0.3 is 25.4 Å². The molecule has 0 fully saturated rings. The Balaban J connectivity index is 0.00000171. The molecule has 7 nitrogen and oxygen atoms in total. The summed E-state index contributed by atoms with van der Waals surface area (Å²) in [6.07, 6.45) is 1.42. The molecule has 0 aliphatic carbocycles. The first kappa shape index (κ1) is 18.7. The van der Waals surface area contributed by atoms with Crippen LogP contribution in [-0.4, -0.2) is 31.5 Å². The molecule has 3 aromatic rings. The lowest BCUT2D eigenvalue weighted by Crippen LogP contribution is -2.12. The van der Waals surface area contributed by atoms with Crippen molar-refractivity contribution in [3.8, 4) is 17.0 Å². The predicted molar refractivity (Wildman–Crippen MR) is 115 cm³/mol. The molecular weight excluding hydrogens is 375 g/mol. The Morgan fingerprint density at radius 2 is 2.00 bits per heavy atom. The van der Waals surface area contributed by atoms with E-state index in [-0.39, 0.29) is 15.9 Å². The number of rotatable bonds is 4. The molecule has 1 aliphatic heterocycles. The van der Waals surface area contributed by atoms with E-state index in [1.165, 1.54) is 19.4 Å². The van der Waals surface area contributed by atoms with E-state index in [2.05, 4.69) is 20.9 Å². The van der Waals surface area contributed by atoms with Crippen LogP contribution < -0.4 is 20.7 Å². The van der Waals surface area contributed by atoms with Crippen molar-refractivity contribution < 1.29 is 22.9 Å². The SMILES string of the molecule is COc1cccc(-c2ccc(C(=O)Nc3ccc4c(c3)NCOCN4)cn2)c1F.[HH].[HH].[HH]. The van der Waals surface area contributed by atoms with Crippen LogP contribution in [0.3, 0.4) is 0 Å². The van der Waals surface area contributed by atoms with Gasteiger partial charge in [0, 0.05) is 21.7 Å². The van der Waals surface area contributed by atoms with E-state index in [0.29, 0.717) is 36.0 Å². The maximum atomic E-state index is 14.4. The number of halogens is 1. The highest BCUT2D eigenvalue weighted by atomic mass is 19.1. The number of fused-ring (bicyclic) bond motifs is 1.